The summed E-state index contributed by atoms with van der Waals surface area (Å²) in [5, 5.41) is 3.91. The topological polar surface area (TPSA) is 44.8 Å². The number of nitrogens with zero attached hydrogens (tertiary/aromatic N) is 2. The summed E-state index contributed by atoms with van der Waals surface area (Å²) in [7, 11) is 0. The molecule has 3 aliphatic rings. The zero-order chi connectivity index (χ0) is 18.7. The lowest BCUT2D eigenvalue weighted by molar-refractivity contribution is -0.122. The van der Waals surface area contributed by atoms with Crippen LogP contribution in [0.1, 0.15) is 40.5 Å². The molecule has 3 aliphatic heterocycles. The van der Waals surface area contributed by atoms with Crippen LogP contribution in [0.15, 0.2) is 0 Å². The fourth-order valence-electron chi connectivity index (χ4n) is 5.09. The van der Waals surface area contributed by atoms with Gasteiger partial charge in [0.15, 0.2) is 0 Å². The highest BCUT2D eigenvalue weighted by molar-refractivity contribution is 7.99. The molecule has 0 aromatic rings. The third-order valence-electron chi connectivity index (χ3n) is 6.51. The number of carbonyl (C=O) groups excluding carboxylic acids is 1. The lowest BCUT2D eigenvalue weighted by Crippen LogP contribution is -2.44. The molecule has 0 radical (unpaired) electrons. The molecule has 1 spiro atoms. The van der Waals surface area contributed by atoms with Crippen LogP contribution in [0.2, 0.25) is 0 Å². The quantitative estimate of drug-likeness (QED) is 0.626. The van der Waals surface area contributed by atoms with Crippen molar-refractivity contribution in [3.8, 4) is 0 Å². The number of ether oxygens (including phenoxy) is 1. The Morgan fingerprint density at radius 3 is 2.85 bits per heavy atom. The van der Waals surface area contributed by atoms with E-state index in [4.69, 9.17) is 4.74 Å². The molecular formula is C20H37N3O2S. The van der Waals surface area contributed by atoms with Crippen LogP contribution in [0, 0.1) is 11.8 Å². The first-order chi connectivity index (χ1) is 12.5. The molecule has 3 saturated heterocycles. The highest BCUT2D eigenvalue weighted by atomic mass is 32.2. The van der Waals surface area contributed by atoms with Crippen LogP contribution in [-0.4, -0.2) is 84.2 Å². The highest BCUT2D eigenvalue weighted by Crippen LogP contribution is 2.54. The second kappa shape index (κ2) is 8.80. The van der Waals surface area contributed by atoms with Gasteiger partial charge in [0.1, 0.15) is 0 Å². The first-order valence-corrected chi connectivity index (χ1v) is 11.5. The second-order valence-corrected chi connectivity index (χ2v) is 10.1. The zero-order valence-corrected chi connectivity index (χ0v) is 17.8. The maximum Gasteiger partial charge on any atom is 0.234 e. The van der Waals surface area contributed by atoms with E-state index in [-0.39, 0.29) is 11.5 Å². The van der Waals surface area contributed by atoms with Gasteiger partial charge in [-0.1, -0.05) is 27.7 Å². The van der Waals surface area contributed by atoms with Gasteiger partial charge in [0, 0.05) is 43.8 Å². The van der Waals surface area contributed by atoms with E-state index in [9.17, 15) is 4.79 Å². The van der Waals surface area contributed by atoms with Crippen LogP contribution in [0.4, 0.5) is 0 Å². The van der Waals surface area contributed by atoms with Gasteiger partial charge in [-0.05, 0) is 31.2 Å². The SMILES string of the molecule is CCN(CC)CC(=O)NC[C@H]1[C@H]2CN(CCSC(C)C)C[C@]23CC[C@H]1O3. The van der Waals surface area contributed by atoms with E-state index in [0.717, 1.165) is 39.3 Å². The fraction of sp³-hybridized carbons (Fsp3) is 0.950. The first-order valence-electron chi connectivity index (χ1n) is 10.5. The highest BCUT2D eigenvalue weighted by Gasteiger charge is 2.62. The lowest BCUT2D eigenvalue weighted by atomic mass is 9.73. The van der Waals surface area contributed by atoms with Gasteiger partial charge in [0.2, 0.25) is 5.91 Å². The molecule has 0 unspecified atom stereocenters. The molecule has 3 heterocycles. The molecule has 2 bridgehead atoms. The van der Waals surface area contributed by atoms with Crippen molar-refractivity contribution in [2.75, 3.05) is 51.6 Å². The van der Waals surface area contributed by atoms with Crippen LogP contribution in [0.3, 0.4) is 0 Å². The molecule has 3 rings (SSSR count). The van der Waals surface area contributed by atoms with Gasteiger partial charge in [-0.25, -0.2) is 0 Å². The molecule has 0 saturated carbocycles. The van der Waals surface area contributed by atoms with E-state index in [0.29, 0.717) is 29.7 Å². The minimum Gasteiger partial charge on any atom is -0.370 e. The second-order valence-electron chi connectivity index (χ2n) is 8.45. The largest absolute Gasteiger partial charge is 0.370 e. The van der Waals surface area contributed by atoms with Gasteiger partial charge < -0.3 is 10.1 Å². The third kappa shape index (κ3) is 4.40. The number of amides is 1. The van der Waals surface area contributed by atoms with E-state index in [1.54, 1.807) is 0 Å². The Morgan fingerprint density at radius 1 is 1.38 bits per heavy atom. The number of hydrogen-bond acceptors (Lipinski definition) is 5. The zero-order valence-electron chi connectivity index (χ0n) is 17.0. The third-order valence-corrected chi connectivity index (χ3v) is 7.59. The molecule has 0 aliphatic carbocycles. The van der Waals surface area contributed by atoms with Crippen LogP contribution in [-0.2, 0) is 9.53 Å². The summed E-state index contributed by atoms with van der Waals surface area (Å²) in [4.78, 5) is 17.1. The van der Waals surface area contributed by atoms with Gasteiger partial charge >= 0.3 is 0 Å². The molecule has 6 heteroatoms. The maximum absolute atomic E-state index is 12.3. The number of hydrogen-bond donors (Lipinski definition) is 1. The monoisotopic (exact) mass is 383 g/mol. The fourth-order valence-corrected chi connectivity index (χ4v) is 5.92. The van der Waals surface area contributed by atoms with Gasteiger partial charge in [-0.2, -0.15) is 11.8 Å². The number of likely N-dealkylation sites (tertiary alicyclic amines) is 1. The smallest absolute Gasteiger partial charge is 0.234 e. The van der Waals surface area contributed by atoms with Crippen LogP contribution < -0.4 is 5.32 Å². The minimum atomic E-state index is 0.0848. The van der Waals surface area contributed by atoms with Crippen LogP contribution in [0.25, 0.3) is 0 Å². The van der Waals surface area contributed by atoms with E-state index in [2.05, 4.69) is 42.8 Å². The number of fused-ring (bicyclic) bond motifs is 1. The Kier molecular flexibility index (Phi) is 6.92. The standard InChI is InChI=1S/C20H37N3O2S/c1-5-22(6-2)13-19(24)21-11-16-17-12-23(9-10-26-15(3)4)14-20(17)8-7-18(16)25-20/h15-18H,5-14H2,1-4H3,(H,21,24)/t16-,17+,18+,20+/m0/s1. The summed E-state index contributed by atoms with van der Waals surface area (Å²) in [5.74, 6) is 2.45. The van der Waals surface area contributed by atoms with Crippen molar-refractivity contribution in [1.29, 1.82) is 0 Å². The summed E-state index contributed by atoms with van der Waals surface area (Å²) < 4.78 is 6.50. The number of rotatable bonds is 10. The molecule has 0 aromatic heterocycles. The molecule has 4 atom stereocenters. The van der Waals surface area contributed by atoms with Crippen molar-refractivity contribution in [3.63, 3.8) is 0 Å². The number of thioether (sulfide) groups is 1. The molecule has 3 fully saturated rings. The van der Waals surface area contributed by atoms with Crippen molar-refractivity contribution < 1.29 is 9.53 Å². The summed E-state index contributed by atoms with van der Waals surface area (Å²) in [6.45, 7) is 15.3. The molecule has 5 nitrogen and oxygen atoms in total. The van der Waals surface area contributed by atoms with Gasteiger partial charge in [0.05, 0.1) is 18.2 Å². The van der Waals surface area contributed by atoms with E-state index in [1.807, 2.05) is 11.8 Å². The average Bonchev–Trinajstić information content (AvgIpc) is 3.25. The summed E-state index contributed by atoms with van der Waals surface area (Å²) >= 11 is 2.04. The van der Waals surface area contributed by atoms with Gasteiger partial charge in [-0.15, -0.1) is 0 Å². The molecule has 1 amide bonds. The predicted molar refractivity (Wildman–Crippen MR) is 109 cm³/mol. The van der Waals surface area contributed by atoms with Gasteiger partial charge in [-0.3, -0.25) is 14.6 Å². The van der Waals surface area contributed by atoms with Gasteiger partial charge in [0.25, 0.3) is 0 Å². The van der Waals surface area contributed by atoms with E-state index < -0.39 is 0 Å². The lowest BCUT2D eigenvalue weighted by Gasteiger charge is -2.29. The van der Waals surface area contributed by atoms with E-state index in [1.165, 1.54) is 18.6 Å². The minimum absolute atomic E-state index is 0.0848. The number of likely N-dealkylation sites (N-methyl/N-ethyl adjacent to an activating group) is 1. The van der Waals surface area contributed by atoms with E-state index >= 15 is 0 Å². The predicted octanol–water partition coefficient (Wildman–Crippen LogP) is 2.07. The van der Waals surface area contributed by atoms with Crippen molar-refractivity contribution >= 4 is 17.7 Å². The maximum atomic E-state index is 12.3. The van der Waals surface area contributed by atoms with Crippen molar-refractivity contribution in [1.82, 2.24) is 15.1 Å². The number of carbonyl (C=O) groups is 1. The Hall–Kier alpha value is -0.300. The average molecular weight is 384 g/mol. The number of nitrogens with one attached hydrogen (secondary N) is 1. The van der Waals surface area contributed by atoms with Crippen LogP contribution >= 0.6 is 11.8 Å². The molecular weight excluding hydrogens is 346 g/mol. The molecule has 0 aromatic carbocycles. The Balaban J connectivity index is 1.49. The molecule has 150 valence electrons. The Morgan fingerprint density at radius 2 is 2.15 bits per heavy atom. The van der Waals surface area contributed by atoms with Crippen LogP contribution in [0.5, 0.6) is 0 Å². The van der Waals surface area contributed by atoms with Crippen molar-refractivity contribution in [2.45, 2.75) is 57.5 Å². The summed E-state index contributed by atoms with van der Waals surface area (Å²) in [6, 6.07) is 0. The van der Waals surface area contributed by atoms with Crippen molar-refractivity contribution in [2.24, 2.45) is 11.8 Å². The Bertz CT molecular complexity index is 486. The molecule has 1 N–H and O–H groups in total. The molecule has 26 heavy (non-hydrogen) atoms. The first kappa shape index (κ1) is 20.4. The summed E-state index contributed by atoms with van der Waals surface area (Å²) in [6.07, 6.45) is 2.74. The summed E-state index contributed by atoms with van der Waals surface area (Å²) in [5.41, 5.74) is 0.0848. The van der Waals surface area contributed by atoms with Crippen molar-refractivity contribution in [3.05, 3.63) is 0 Å². The normalized spacial score (nSPS) is 33.4. The Labute approximate surface area is 163 Å².